The molecule has 1 aromatic heterocycles. The van der Waals surface area contributed by atoms with Gasteiger partial charge < -0.3 is 9.73 Å². The van der Waals surface area contributed by atoms with Crippen molar-refractivity contribution < 1.29 is 19.1 Å². The minimum atomic E-state index is -0.754. The summed E-state index contributed by atoms with van der Waals surface area (Å²) >= 11 is 0. The second-order valence-electron chi connectivity index (χ2n) is 6.41. The maximum absolute atomic E-state index is 12.4. The number of aryl methyl sites for hydroxylation is 1. The monoisotopic (exact) mass is 418 g/mol. The minimum Gasteiger partial charge on any atom is -0.456 e. The van der Waals surface area contributed by atoms with Crippen LogP contribution in [0.1, 0.15) is 11.3 Å². The molecule has 31 heavy (non-hydrogen) atoms. The molecule has 0 aliphatic rings. The van der Waals surface area contributed by atoms with Gasteiger partial charge in [0.25, 0.3) is 17.3 Å². The molecule has 154 valence electrons. The van der Waals surface area contributed by atoms with Crippen LogP contribution in [0.2, 0.25) is 0 Å². The second-order valence-corrected chi connectivity index (χ2v) is 6.41. The van der Waals surface area contributed by atoms with E-state index in [2.05, 4.69) is 5.32 Å². The predicted molar refractivity (Wildman–Crippen MR) is 111 cm³/mol. The molecule has 3 rings (SSSR count). The fourth-order valence-electron chi connectivity index (χ4n) is 2.69. The molecule has 0 bridgehead atoms. The zero-order valence-electron chi connectivity index (χ0n) is 16.1. The van der Waals surface area contributed by atoms with E-state index in [-0.39, 0.29) is 22.7 Å². The highest BCUT2D eigenvalue weighted by atomic mass is 16.6. The normalized spacial score (nSPS) is 10.9. The fraction of sp³-hybridized carbons (Fsp3) is 0.0476. The summed E-state index contributed by atoms with van der Waals surface area (Å²) in [7, 11) is 0. The maximum atomic E-state index is 12.4. The summed E-state index contributed by atoms with van der Waals surface area (Å²) < 4.78 is 5.53. The zero-order chi connectivity index (χ0) is 22.5. The number of benzene rings is 2. The number of hydrogen-bond donors (Lipinski definition) is 1. The van der Waals surface area contributed by atoms with Gasteiger partial charge >= 0.3 is 0 Å². The molecule has 10 heteroatoms. The summed E-state index contributed by atoms with van der Waals surface area (Å²) in [5.74, 6) is -0.479. The highest BCUT2D eigenvalue weighted by Gasteiger charge is 2.22. The Bertz CT molecular complexity index is 1250. The highest BCUT2D eigenvalue weighted by molar-refractivity contribution is 6.09. The first kappa shape index (κ1) is 20.9. The molecule has 0 aliphatic heterocycles. The van der Waals surface area contributed by atoms with Crippen molar-refractivity contribution >= 4 is 29.0 Å². The number of hydrogen-bond acceptors (Lipinski definition) is 7. The molecule has 2 aromatic carbocycles. The van der Waals surface area contributed by atoms with Gasteiger partial charge in [0.15, 0.2) is 0 Å². The Balaban J connectivity index is 1.88. The Morgan fingerprint density at radius 3 is 2.39 bits per heavy atom. The number of carbonyl (C=O) groups is 1. The van der Waals surface area contributed by atoms with Crippen LogP contribution in [0.15, 0.2) is 64.6 Å². The molecule has 0 saturated carbocycles. The van der Waals surface area contributed by atoms with Crippen molar-refractivity contribution in [1.29, 1.82) is 5.26 Å². The van der Waals surface area contributed by atoms with Crippen molar-refractivity contribution in [3.05, 3.63) is 91.7 Å². The lowest BCUT2D eigenvalue weighted by Gasteiger charge is -2.04. The van der Waals surface area contributed by atoms with Crippen LogP contribution in [-0.2, 0) is 4.79 Å². The lowest BCUT2D eigenvalue weighted by atomic mass is 10.1. The topological polar surface area (TPSA) is 152 Å². The van der Waals surface area contributed by atoms with Crippen LogP contribution >= 0.6 is 0 Å². The second kappa shape index (κ2) is 8.71. The van der Waals surface area contributed by atoms with Gasteiger partial charge in [-0.2, -0.15) is 5.26 Å². The lowest BCUT2D eigenvalue weighted by Crippen LogP contribution is -2.13. The molecule has 0 atom stereocenters. The van der Waals surface area contributed by atoms with Crippen LogP contribution in [0.3, 0.4) is 0 Å². The van der Waals surface area contributed by atoms with E-state index in [1.165, 1.54) is 24.3 Å². The molecule has 0 aliphatic carbocycles. The van der Waals surface area contributed by atoms with E-state index in [1.54, 1.807) is 30.3 Å². The van der Waals surface area contributed by atoms with Crippen LogP contribution in [-0.4, -0.2) is 15.8 Å². The number of rotatable bonds is 6. The first-order valence-corrected chi connectivity index (χ1v) is 8.81. The zero-order valence-corrected chi connectivity index (χ0v) is 16.1. The standard InChI is InChI=1S/C21H14N4O6/c1-13-2-4-15(5-3-13)23-21(26)14(12-22)10-17-7-9-20(31-17)18-8-6-16(24(27)28)11-19(18)25(29)30/h2-11H,1H3,(H,23,26)/b14-10-. The molecule has 0 fully saturated rings. The average Bonchev–Trinajstić information content (AvgIpc) is 3.21. The molecular formula is C21H14N4O6. The Kier molecular flexibility index (Phi) is 5.88. The quantitative estimate of drug-likeness (QED) is 0.265. The summed E-state index contributed by atoms with van der Waals surface area (Å²) in [4.78, 5) is 33.1. The number of nitro benzene ring substituents is 2. The van der Waals surface area contributed by atoms with Crippen molar-refractivity contribution in [3.8, 4) is 17.4 Å². The summed E-state index contributed by atoms with van der Waals surface area (Å²) in [6.45, 7) is 1.90. The first-order valence-electron chi connectivity index (χ1n) is 8.81. The summed E-state index contributed by atoms with van der Waals surface area (Å²) in [6, 6.07) is 14.8. The van der Waals surface area contributed by atoms with E-state index >= 15 is 0 Å². The third-order valence-electron chi connectivity index (χ3n) is 4.24. The van der Waals surface area contributed by atoms with Crippen LogP contribution in [0.25, 0.3) is 17.4 Å². The number of nitrogens with one attached hydrogen (secondary N) is 1. The van der Waals surface area contributed by atoms with Crippen molar-refractivity contribution in [2.75, 3.05) is 5.32 Å². The molecule has 0 radical (unpaired) electrons. The number of non-ortho nitro benzene ring substituents is 1. The Morgan fingerprint density at radius 2 is 1.77 bits per heavy atom. The molecule has 0 saturated heterocycles. The smallest absolute Gasteiger partial charge is 0.287 e. The first-order chi connectivity index (χ1) is 14.8. The minimum absolute atomic E-state index is 0.0258. The number of nitrogens with zero attached hydrogens (tertiary/aromatic N) is 3. The fourth-order valence-corrected chi connectivity index (χ4v) is 2.69. The Labute approximate surface area is 175 Å². The SMILES string of the molecule is Cc1ccc(NC(=O)/C(C#N)=C\c2ccc(-c3ccc([N+](=O)[O-])cc3[N+](=O)[O-])o2)cc1. The maximum Gasteiger partial charge on any atom is 0.287 e. The number of nitro groups is 2. The number of amides is 1. The van der Waals surface area contributed by atoms with Gasteiger partial charge in [-0.3, -0.25) is 25.0 Å². The van der Waals surface area contributed by atoms with Crippen LogP contribution < -0.4 is 5.32 Å². The Hall–Kier alpha value is -4.78. The molecule has 3 aromatic rings. The van der Waals surface area contributed by atoms with E-state index in [1.807, 2.05) is 6.92 Å². The average molecular weight is 418 g/mol. The van der Waals surface area contributed by atoms with Gasteiger partial charge in [-0.25, -0.2) is 0 Å². The predicted octanol–water partition coefficient (Wildman–Crippen LogP) is 4.62. The Morgan fingerprint density at radius 1 is 1.06 bits per heavy atom. The van der Waals surface area contributed by atoms with Crippen LogP contribution in [0, 0.1) is 38.5 Å². The molecule has 1 N–H and O–H groups in total. The van der Waals surface area contributed by atoms with Gasteiger partial charge in [0.2, 0.25) is 0 Å². The van der Waals surface area contributed by atoms with Crippen LogP contribution in [0.5, 0.6) is 0 Å². The van der Waals surface area contributed by atoms with Crippen molar-refractivity contribution in [2.24, 2.45) is 0 Å². The summed E-state index contributed by atoms with van der Waals surface area (Å²) in [5.41, 5.74) is 0.381. The van der Waals surface area contributed by atoms with Crippen molar-refractivity contribution in [1.82, 2.24) is 0 Å². The van der Waals surface area contributed by atoms with Crippen molar-refractivity contribution in [3.63, 3.8) is 0 Å². The largest absolute Gasteiger partial charge is 0.456 e. The summed E-state index contributed by atoms with van der Waals surface area (Å²) in [6.07, 6.45) is 1.20. The number of furan rings is 1. The third kappa shape index (κ3) is 4.80. The summed E-state index contributed by atoms with van der Waals surface area (Å²) in [5, 5.41) is 34.1. The van der Waals surface area contributed by atoms with Gasteiger partial charge in [0.1, 0.15) is 23.2 Å². The van der Waals surface area contributed by atoms with Gasteiger partial charge in [0, 0.05) is 17.8 Å². The van der Waals surface area contributed by atoms with Gasteiger partial charge in [-0.1, -0.05) is 17.7 Å². The molecule has 0 unspecified atom stereocenters. The lowest BCUT2D eigenvalue weighted by molar-refractivity contribution is -0.393. The van der Waals surface area contributed by atoms with E-state index in [4.69, 9.17) is 4.42 Å². The van der Waals surface area contributed by atoms with Gasteiger partial charge in [-0.15, -0.1) is 0 Å². The molecule has 1 amide bonds. The van der Waals surface area contributed by atoms with Gasteiger partial charge in [0.05, 0.1) is 21.5 Å². The molecular weight excluding hydrogens is 404 g/mol. The highest BCUT2D eigenvalue weighted by Crippen LogP contribution is 2.34. The molecule has 10 nitrogen and oxygen atoms in total. The van der Waals surface area contributed by atoms with E-state index in [0.717, 1.165) is 17.7 Å². The molecule has 1 heterocycles. The number of anilines is 1. The molecule has 0 spiro atoms. The van der Waals surface area contributed by atoms with E-state index in [0.29, 0.717) is 5.69 Å². The van der Waals surface area contributed by atoms with E-state index < -0.39 is 27.1 Å². The van der Waals surface area contributed by atoms with Gasteiger partial charge in [-0.05, 0) is 37.3 Å². The van der Waals surface area contributed by atoms with Crippen LogP contribution in [0.4, 0.5) is 17.1 Å². The number of nitriles is 1. The number of carbonyl (C=O) groups excluding carboxylic acids is 1. The third-order valence-corrected chi connectivity index (χ3v) is 4.24. The van der Waals surface area contributed by atoms with E-state index in [9.17, 15) is 30.3 Å². The van der Waals surface area contributed by atoms with Crippen molar-refractivity contribution in [2.45, 2.75) is 6.92 Å².